The van der Waals surface area contributed by atoms with Crippen LogP contribution in [0, 0.1) is 6.92 Å². The fourth-order valence-electron chi connectivity index (χ4n) is 2.70. The molecule has 1 heterocycles. The molecular formula is C17H28N2O3S. The summed E-state index contributed by atoms with van der Waals surface area (Å²) in [4.78, 5) is 17.3. The van der Waals surface area contributed by atoms with Gasteiger partial charge in [0.1, 0.15) is 4.88 Å². The lowest BCUT2D eigenvalue weighted by molar-refractivity contribution is -0.0225. The zero-order valence-electron chi connectivity index (χ0n) is 14.3. The third kappa shape index (κ3) is 5.55. The SMILES string of the molecule is Cc1nc(C(C)C)sc1C(=O)NCC(O)COC1CCCCC1. The van der Waals surface area contributed by atoms with E-state index in [-0.39, 0.29) is 25.2 Å². The van der Waals surface area contributed by atoms with Crippen molar-refractivity contribution in [1.82, 2.24) is 10.3 Å². The highest BCUT2D eigenvalue weighted by atomic mass is 32.1. The highest BCUT2D eigenvalue weighted by Crippen LogP contribution is 2.24. The first-order chi connectivity index (χ1) is 11.0. The molecule has 1 aliphatic rings. The number of aliphatic hydroxyl groups excluding tert-OH is 1. The first-order valence-electron chi connectivity index (χ1n) is 8.52. The van der Waals surface area contributed by atoms with E-state index in [0.29, 0.717) is 10.8 Å². The van der Waals surface area contributed by atoms with Crippen LogP contribution in [0.25, 0.3) is 0 Å². The number of hydrogen-bond acceptors (Lipinski definition) is 5. The third-order valence-electron chi connectivity index (χ3n) is 4.09. The molecule has 1 unspecified atom stereocenters. The van der Waals surface area contributed by atoms with Crippen molar-refractivity contribution in [2.24, 2.45) is 0 Å². The molecule has 1 aliphatic carbocycles. The monoisotopic (exact) mass is 340 g/mol. The molecule has 0 spiro atoms. The lowest BCUT2D eigenvalue weighted by atomic mass is 9.98. The van der Waals surface area contributed by atoms with Gasteiger partial charge in [-0.05, 0) is 19.8 Å². The Morgan fingerprint density at radius 2 is 2.09 bits per heavy atom. The zero-order valence-corrected chi connectivity index (χ0v) is 15.1. The molecule has 6 heteroatoms. The summed E-state index contributed by atoms with van der Waals surface area (Å²) in [5, 5.41) is 13.7. The van der Waals surface area contributed by atoms with Crippen molar-refractivity contribution in [3.05, 3.63) is 15.6 Å². The van der Waals surface area contributed by atoms with Crippen molar-refractivity contribution in [3.63, 3.8) is 0 Å². The molecule has 1 saturated carbocycles. The summed E-state index contributed by atoms with van der Waals surface area (Å²) in [7, 11) is 0. The molecule has 0 saturated heterocycles. The van der Waals surface area contributed by atoms with Gasteiger partial charge in [-0.15, -0.1) is 11.3 Å². The number of nitrogens with zero attached hydrogens (tertiary/aromatic N) is 1. The van der Waals surface area contributed by atoms with E-state index in [2.05, 4.69) is 24.1 Å². The fourth-order valence-corrected chi connectivity index (χ4v) is 3.69. The van der Waals surface area contributed by atoms with Crippen molar-refractivity contribution < 1.29 is 14.6 Å². The average Bonchev–Trinajstić information content (AvgIpc) is 2.94. The number of thiazole rings is 1. The number of aromatic nitrogens is 1. The molecule has 5 nitrogen and oxygen atoms in total. The smallest absolute Gasteiger partial charge is 0.263 e. The summed E-state index contributed by atoms with van der Waals surface area (Å²) in [6, 6.07) is 0. The van der Waals surface area contributed by atoms with E-state index in [0.717, 1.165) is 23.5 Å². The lowest BCUT2D eigenvalue weighted by Gasteiger charge is -2.23. The Kier molecular flexibility index (Phi) is 6.99. The number of nitrogens with one attached hydrogen (secondary N) is 1. The third-order valence-corrected chi connectivity index (χ3v) is 5.54. The summed E-state index contributed by atoms with van der Waals surface area (Å²) >= 11 is 1.43. The summed E-state index contributed by atoms with van der Waals surface area (Å²) in [6.45, 7) is 6.46. The Morgan fingerprint density at radius 3 is 2.70 bits per heavy atom. The van der Waals surface area contributed by atoms with Gasteiger partial charge in [0.15, 0.2) is 0 Å². The van der Waals surface area contributed by atoms with E-state index in [1.807, 2.05) is 6.92 Å². The fraction of sp³-hybridized carbons (Fsp3) is 0.765. The molecule has 1 amide bonds. The van der Waals surface area contributed by atoms with E-state index >= 15 is 0 Å². The molecule has 130 valence electrons. The number of rotatable bonds is 7. The molecule has 2 N–H and O–H groups in total. The summed E-state index contributed by atoms with van der Waals surface area (Å²) in [6.07, 6.45) is 5.46. The largest absolute Gasteiger partial charge is 0.389 e. The maximum Gasteiger partial charge on any atom is 0.263 e. The lowest BCUT2D eigenvalue weighted by Crippen LogP contribution is -2.35. The van der Waals surface area contributed by atoms with E-state index in [4.69, 9.17) is 4.74 Å². The van der Waals surface area contributed by atoms with Crippen molar-refractivity contribution in [1.29, 1.82) is 0 Å². The number of amides is 1. The molecule has 0 aromatic carbocycles. The number of hydrogen-bond donors (Lipinski definition) is 2. The van der Waals surface area contributed by atoms with Crippen LogP contribution in [-0.4, -0.2) is 41.4 Å². The van der Waals surface area contributed by atoms with Crippen LogP contribution in [0.3, 0.4) is 0 Å². The minimum Gasteiger partial charge on any atom is -0.389 e. The quantitative estimate of drug-likeness (QED) is 0.800. The van der Waals surface area contributed by atoms with E-state index in [1.165, 1.54) is 30.6 Å². The Balaban J connectivity index is 1.74. The van der Waals surface area contributed by atoms with Crippen molar-refractivity contribution >= 4 is 17.2 Å². The standard InChI is InChI=1S/C17H28N2O3S/c1-11(2)17-19-12(3)15(23-17)16(21)18-9-13(20)10-22-14-7-5-4-6-8-14/h11,13-14,20H,4-10H2,1-3H3,(H,18,21). The van der Waals surface area contributed by atoms with Crippen molar-refractivity contribution in [3.8, 4) is 0 Å². The maximum absolute atomic E-state index is 12.2. The predicted molar refractivity (Wildman–Crippen MR) is 92.1 cm³/mol. The van der Waals surface area contributed by atoms with Crippen LogP contribution < -0.4 is 5.32 Å². The van der Waals surface area contributed by atoms with Crippen LogP contribution in [0.1, 0.15) is 72.2 Å². The van der Waals surface area contributed by atoms with Gasteiger partial charge in [-0.1, -0.05) is 33.1 Å². The number of aryl methyl sites for hydroxylation is 1. The molecule has 0 bridgehead atoms. The molecule has 1 atom stereocenters. The average molecular weight is 340 g/mol. The van der Waals surface area contributed by atoms with Crippen LogP contribution >= 0.6 is 11.3 Å². The van der Waals surface area contributed by atoms with E-state index in [1.54, 1.807) is 0 Å². The van der Waals surface area contributed by atoms with Gasteiger partial charge < -0.3 is 15.2 Å². The van der Waals surface area contributed by atoms with Gasteiger partial charge in [0.2, 0.25) is 0 Å². The molecule has 23 heavy (non-hydrogen) atoms. The highest BCUT2D eigenvalue weighted by Gasteiger charge is 2.19. The topological polar surface area (TPSA) is 71.5 Å². The highest BCUT2D eigenvalue weighted by molar-refractivity contribution is 7.13. The number of carbonyl (C=O) groups excluding carboxylic acids is 1. The molecular weight excluding hydrogens is 312 g/mol. The maximum atomic E-state index is 12.2. The van der Waals surface area contributed by atoms with Crippen LogP contribution in [0.2, 0.25) is 0 Å². The first-order valence-corrected chi connectivity index (χ1v) is 9.34. The van der Waals surface area contributed by atoms with Gasteiger partial charge in [0, 0.05) is 12.5 Å². The summed E-state index contributed by atoms with van der Waals surface area (Å²) in [5.41, 5.74) is 0.754. The van der Waals surface area contributed by atoms with Gasteiger partial charge >= 0.3 is 0 Å². The second-order valence-electron chi connectivity index (χ2n) is 6.58. The van der Waals surface area contributed by atoms with Crippen LogP contribution in [-0.2, 0) is 4.74 Å². The Bertz CT molecular complexity index is 510. The number of aliphatic hydroxyl groups is 1. The molecule has 0 aliphatic heterocycles. The van der Waals surface area contributed by atoms with Gasteiger partial charge in [-0.25, -0.2) is 4.98 Å². The van der Waals surface area contributed by atoms with Gasteiger partial charge in [0.25, 0.3) is 5.91 Å². The van der Waals surface area contributed by atoms with E-state index in [9.17, 15) is 9.90 Å². The Morgan fingerprint density at radius 1 is 1.39 bits per heavy atom. The minimum atomic E-state index is -0.668. The Labute approximate surface area is 142 Å². The molecule has 0 radical (unpaired) electrons. The van der Waals surface area contributed by atoms with Crippen molar-refractivity contribution in [2.75, 3.05) is 13.2 Å². The molecule has 1 aromatic rings. The van der Waals surface area contributed by atoms with Gasteiger partial charge in [-0.3, -0.25) is 4.79 Å². The zero-order chi connectivity index (χ0) is 16.8. The molecule has 2 rings (SSSR count). The number of ether oxygens (including phenoxy) is 1. The summed E-state index contributed by atoms with van der Waals surface area (Å²) < 4.78 is 5.73. The van der Waals surface area contributed by atoms with Gasteiger partial charge in [-0.2, -0.15) is 0 Å². The normalized spacial score (nSPS) is 17.4. The molecule has 1 aromatic heterocycles. The summed E-state index contributed by atoms with van der Waals surface area (Å²) in [5.74, 6) is 0.151. The van der Waals surface area contributed by atoms with Crippen LogP contribution in [0.4, 0.5) is 0 Å². The van der Waals surface area contributed by atoms with Gasteiger partial charge in [0.05, 0.1) is 29.5 Å². The molecule has 1 fully saturated rings. The second-order valence-corrected chi connectivity index (χ2v) is 7.61. The van der Waals surface area contributed by atoms with Crippen LogP contribution in [0.15, 0.2) is 0 Å². The van der Waals surface area contributed by atoms with Crippen LogP contribution in [0.5, 0.6) is 0 Å². The predicted octanol–water partition coefficient (Wildman–Crippen LogP) is 3.01. The van der Waals surface area contributed by atoms with E-state index < -0.39 is 6.10 Å². The second kappa shape index (κ2) is 8.76. The van der Waals surface area contributed by atoms with Crippen molar-refractivity contribution in [2.45, 2.75) is 71.0 Å². The Hall–Kier alpha value is -0.980. The minimum absolute atomic E-state index is 0.163. The first kappa shape index (κ1) is 18.4. The number of carbonyl (C=O) groups is 1.